The van der Waals surface area contributed by atoms with Crippen LogP contribution in [-0.2, 0) is 0 Å². The lowest BCUT2D eigenvalue weighted by molar-refractivity contribution is 0.0965. The molecule has 0 aromatic heterocycles. The molecule has 4 nitrogen and oxygen atoms in total. The van der Waals surface area contributed by atoms with E-state index in [0.717, 1.165) is 0 Å². The minimum absolute atomic E-state index is 0.123. The van der Waals surface area contributed by atoms with Crippen molar-refractivity contribution in [1.29, 1.82) is 0 Å². The van der Waals surface area contributed by atoms with Crippen molar-refractivity contribution in [3.63, 3.8) is 0 Å². The summed E-state index contributed by atoms with van der Waals surface area (Å²) in [5, 5.41) is 10.1. The summed E-state index contributed by atoms with van der Waals surface area (Å²) >= 11 is 5.93. The average Bonchev–Trinajstić information content (AvgIpc) is 2.23. The molecule has 0 aliphatic carbocycles. The summed E-state index contributed by atoms with van der Waals surface area (Å²) in [6, 6.07) is 0.684. The van der Waals surface area contributed by atoms with Gasteiger partial charge in [-0.05, 0) is 19.9 Å². The lowest BCUT2D eigenvalue weighted by atomic mass is 10.0. The summed E-state index contributed by atoms with van der Waals surface area (Å²) in [5.74, 6) is -0.130. The molecule has 1 atom stereocenters. The van der Waals surface area contributed by atoms with E-state index in [9.17, 15) is 9.90 Å². The van der Waals surface area contributed by atoms with Gasteiger partial charge in [0.15, 0.2) is 5.78 Å². The third-order valence-electron chi connectivity index (χ3n) is 2.32. The highest BCUT2D eigenvalue weighted by Crippen LogP contribution is 2.37. The largest absolute Gasteiger partial charge is 0.507 e. The van der Waals surface area contributed by atoms with Crippen LogP contribution in [0.15, 0.2) is 6.07 Å². The molecule has 0 heterocycles. The Morgan fingerprint density at radius 3 is 2.62 bits per heavy atom. The fraction of sp³-hybridized carbons (Fsp3) is 0.364. The molecular formula is C11H14ClNO3. The number of phenols is 1. The summed E-state index contributed by atoms with van der Waals surface area (Å²) in [6.45, 7) is 3.17. The molecule has 0 spiro atoms. The van der Waals surface area contributed by atoms with E-state index in [0.29, 0.717) is 11.3 Å². The smallest absolute Gasteiger partial charge is 0.183 e. The van der Waals surface area contributed by atoms with Crippen molar-refractivity contribution in [1.82, 2.24) is 0 Å². The Bertz CT molecular complexity index is 430. The van der Waals surface area contributed by atoms with Gasteiger partial charge in [-0.1, -0.05) is 11.6 Å². The second-order valence-corrected chi connectivity index (χ2v) is 3.97. The van der Waals surface area contributed by atoms with Gasteiger partial charge in [-0.2, -0.15) is 0 Å². The van der Waals surface area contributed by atoms with Gasteiger partial charge in [0.05, 0.1) is 23.7 Å². The second-order valence-electron chi connectivity index (χ2n) is 3.57. The number of halogens is 1. The minimum atomic E-state index is -0.685. The molecule has 0 saturated heterocycles. The van der Waals surface area contributed by atoms with Crippen molar-refractivity contribution in [2.24, 2.45) is 5.73 Å². The number of methoxy groups -OCH3 is 1. The first-order valence-corrected chi connectivity index (χ1v) is 5.13. The molecule has 0 bridgehead atoms. The summed E-state index contributed by atoms with van der Waals surface area (Å²) in [6.07, 6.45) is 0. The van der Waals surface area contributed by atoms with Crippen molar-refractivity contribution in [2.45, 2.75) is 19.9 Å². The molecule has 0 aliphatic rings. The topological polar surface area (TPSA) is 72.5 Å². The molecule has 88 valence electrons. The monoisotopic (exact) mass is 243 g/mol. The van der Waals surface area contributed by atoms with Crippen molar-refractivity contribution >= 4 is 17.4 Å². The maximum atomic E-state index is 11.7. The third-order valence-corrected chi connectivity index (χ3v) is 2.60. The number of carbonyl (C=O) groups excluding carboxylic acids is 1. The van der Waals surface area contributed by atoms with Crippen LogP contribution in [0.3, 0.4) is 0 Å². The van der Waals surface area contributed by atoms with E-state index in [4.69, 9.17) is 22.1 Å². The highest BCUT2D eigenvalue weighted by Gasteiger charge is 2.21. The van der Waals surface area contributed by atoms with Gasteiger partial charge in [0.2, 0.25) is 0 Å². The van der Waals surface area contributed by atoms with E-state index < -0.39 is 6.04 Å². The summed E-state index contributed by atoms with van der Waals surface area (Å²) in [4.78, 5) is 11.7. The lowest BCUT2D eigenvalue weighted by Crippen LogP contribution is -2.26. The number of benzene rings is 1. The van der Waals surface area contributed by atoms with Crippen LogP contribution >= 0.6 is 11.6 Å². The van der Waals surface area contributed by atoms with Crippen molar-refractivity contribution in [2.75, 3.05) is 7.11 Å². The molecule has 16 heavy (non-hydrogen) atoms. The van der Waals surface area contributed by atoms with Crippen LogP contribution in [0.1, 0.15) is 22.8 Å². The molecule has 0 aliphatic heterocycles. The Kier molecular flexibility index (Phi) is 3.78. The first kappa shape index (κ1) is 12.8. The first-order chi connectivity index (χ1) is 7.40. The third kappa shape index (κ3) is 2.13. The van der Waals surface area contributed by atoms with Crippen molar-refractivity contribution < 1.29 is 14.6 Å². The molecule has 3 N–H and O–H groups in total. The molecular weight excluding hydrogens is 230 g/mol. The number of phenolic OH excluding ortho intramolecular Hbond substituents is 1. The highest BCUT2D eigenvalue weighted by molar-refractivity contribution is 6.32. The number of hydrogen-bond donors (Lipinski definition) is 2. The van der Waals surface area contributed by atoms with E-state index in [1.807, 2.05) is 0 Å². The molecule has 1 unspecified atom stereocenters. The molecule has 5 heteroatoms. The predicted octanol–water partition coefficient (Wildman–Crippen LogP) is 1.89. The van der Waals surface area contributed by atoms with E-state index in [1.54, 1.807) is 13.8 Å². The number of aromatic hydroxyl groups is 1. The van der Waals surface area contributed by atoms with Gasteiger partial charge in [-0.15, -0.1) is 0 Å². The van der Waals surface area contributed by atoms with E-state index >= 15 is 0 Å². The highest BCUT2D eigenvalue weighted by atomic mass is 35.5. The number of ketones is 1. The zero-order chi connectivity index (χ0) is 12.5. The average molecular weight is 244 g/mol. The molecule has 1 aromatic rings. The quantitative estimate of drug-likeness (QED) is 0.796. The Labute approximate surface area is 99.0 Å². The zero-order valence-electron chi connectivity index (χ0n) is 9.37. The number of hydrogen-bond acceptors (Lipinski definition) is 4. The van der Waals surface area contributed by atoms with E-state index in [-0.39, 0.29) is 22.1 Å². The number of nitrogens with two attached hydrogens (primary N) is 1. The van der Waals surface area contributed by atoms with E-state index in [1.165, 1.54) is 13.2 Å². The number of Topliss-reactive ketones (excluding diaryl/α,β-unsaturated/α-hetero) is 1. The van der Waals surface area contributed by atoms with Crippen LogP contribution in [0.2, 0.25) is 5.02 Å². The van der Waals surface area contributed by atoms with Crippen LogP contribution in [-0.4, -0.2) is 24.0 Å². The van der Waals surface area contributed by atoms with Gasteiger partial charge >= 0.3 is 0 Å². The summed E-state index contributed by atoms with van der Waals surface area (Å²) in [7, 11) is 1.45. The maximum absolute atomic E-state index is 11.7. The van der Waals surface area contributed by atoms with Crippen LogP contribution in [0.5, 0.6) is 11.5 Å². The normalized spacial score (nSPS) is 12.3. The molecule has 1 rings (SSSR count). The number of ether oxygens (including phenoxy) is 1. The SMILES string of the molecule is COc1c(Cl)cc(C(=O)C(C)N)c(O)c1C. The van der Waals surface area contributed by atoms with Gasteiger partial charge in [0.25, 0.3) is 0 Å². The Hall–Kier alpha value is -1.26. The summed E-state index contributed by atoms with van der Waals surface area (Å²) in [5.41, 5.74) is 6.03. The first-order valence-electron chi connectivity index (χ1n) is 4.76. The standard InChI is InChI=1S/C11H14ClNO3/c1-5-9(14)7(10(15)6(2)13)4-8(12)11(5)16-3/h4,6,14H,13H2,1-3H3. The Morgan fingerprint density at radius 1 is 1.62 bits per heavy atom. The van der Waals surface area contributed by atoms with Gasteiger partial charge in [0.1, 0.15) is 11.5 Å². The zero-order valence-corrected chi connectivity index (χ0v) is 10.1. The molecule has 1 aromatic carbocycles. The van der Waals surface area contributed by atoms with Gasteiger partial charge in [-0.25, -0.2) is 0 Å². The van der Waals surface area contributed by atoms with Gasteiger partial charge in [0, 0.05) is 5.56 Å². The fourth-order valence-corrected chi connectivity index (χ4v) is 1.76. The predicted molar refractivity (Wildman–Crippen MR) is 62.4 cm³/mol. The Morgan fingerprint density at radius 2 is 2.19 bits per heavy atom. The van der Waals surface area contributed by atoms with Gasteiger partial charge < -0.3 is 15.6 Å². The lowest BCUT2D eigenvalue weighted by Gasteiger charge is -2.13. The number of carbonyl (C=O) groups is 1. The van der Waals surface area contributed by atoms with Crippen LogP contribution in [0, 0.1) is 6.92 Å². The molecule has 0 radical (unpaired) electrons. The fourth-order valence-electron chi connectivity index (χ4n) is 1.43. The van der Waals surface area contributed by atoms with Crippen LogP contribution in [0.25, 0.3) is 0 Å². The van der Waals surface area contributed by atoms with Crippen molar-refractivity contribution in [3.8, 4) is 11.5 Å². The van der Waals surface area contributed by atoms with Gasteiger partial charge in [-0.3, -0.25) is 4.79 Å². The Balaban J connectivity index is 3.40. The summed E-state index contributed by atoms with van der Waals surface area (Å²) < 4.78 is 5.02. The van der Waals surface area contributed by atoms with Crippen molar-refractivity contribution in [3.05, 3.63) is 22.2 Å². The molecule has 0 saturated carbocycles. The molecule has 0 fully saturated rings. The van der Waals surface area contributed by atoms with E-state index in [2.05, 4.69) is 0 Å². The van der Waals surface area contributed by atoms with Crippen LogP contribution in [0.4, 0.5) is 0 Å². The number of rotatable bonds is 3. The minimum Gasteiger partial charge on any atom is -0.507 e. The second kappa shape index (κ2) is 4.72. The van der Waals surface area contributed by atoms with Crippen LogP contribution < -0.4 is 10.5 Å². The molecule has 0 amide bonds. The maximum Gasteiger partial charge on any atom is 0.183 e.